The van der Waals surface area contributed by atoms with E-state index in [0.717, 1.165) is 38.5 Å². The van der Waals surface area contributed by atoms with Gasteiger partial charge in [0.15, 0.2) is 18.9 Å². The van der Waals surface area contributed by atoms with Gasteiger partial charge in [0.25, 0.3) is 0 Å². The first kappa shape index (κ1) is 60.6. The van der Waals surface area contributed by atoms with Crippen LogP contribution < -0.4 is 5.32 Å². The molecule has 0 aliphatic carbocycles. The predicted octanol–water partition coefficient (Wildman–Crippen LogP) is 1.64. The molecule has 17 atom stereocenters. The van der Waals surface area contributed by atoms with Crippen molar-refractivity contribution >= 4 is 5.91 Å². The normalized spacial score (nSPS) is 33.3. The molecule has 68 heavy (non-hydrogen) atoms. The summed E-state index contributed by atoms with van der Waals surface area (Å²) >= 11 is 0. The van der Waals surface area contributed by atoms with Crippen LogP contribution in [0.15, 0.2) is 24.3 Å². The third-order valence-corrected chi connectivity index (χ3v) is 13.0. The number of aliphatic hydroxyl groups excluding tert-OH is 11. The topological polar surface area (TPSA) is 307 Å². The Kier molecular flexibility index (Phi) is 30.8. The van der Waals surface area contributed by atoms with Gasteiger partial charge < -0.3 is 89.9 Å². The lowest BCUT2D eigenvalue weighted by Gasteiger charge is -2.48. The fourth-order valence-electron chi connectivity index (χ4n) is 8.67. The summed E-state index contributed by atoms with van der Waals surface area (Å²) in [4.78, 5) is 13.2. The fraction of sp³-hybridized carbons (Fsp3) is 0.898. The summed E-state index contributed by atoms with van der Waals surface area (Å²) < 4.78 is 34.0. The molecule has 3 aliphatic heterocycles. The van der Waals surface area contributed by atoms with Crippen molar-refractivity contribution in [2.45, 2.75) is 253 Å². The molecule has 0 bridgehead atoms. The predicted molar refractivity (Wildman–Crippen MR) is 250 cm³/mol. The third kappa shape index (κ3) is 20.4. The number of ether oxygens (including phenoxy) is 6. The van der Waals surface area contributed by atoms with E-state index >= 15 is 0 Å². The van der Waals surface area contributed by atoms with Crippen LogP contribution in [0.1, 0.15) is 149 Å². The SMILES string of the molecule is CCCCCCCC/C=C/CC/C=C/C(O)C(COC1OC(CO)C(OC2OC(CO)C(OC3OC(CO)C(O)C(O)C3O)C(O)C2O)C(O)C1O)NC(=O)CCCCCCCCCCCCC. The molecule has 0 aromatic heterocycles. The van der Waals surface area contributed by atoms with Crippen LogP contribution >= 0.6 is 0 Å². The first-order valence-corrected chi connectivity index (χ1v) is 25.6. The Morgan fingerprint density at radius 1 is 0.515 bits per heavy atom. The largest absolute Gasteiger partial charge is 0.394 e. The minimum Gasteiger partial charge on any atom is -0.394 e. The molecule has 3 fully saturated rings. The monoisotopic (exact) mass is 980 g/mol. The molecule has 3 rings (SSSR count). The summed E-state index contributed by atoms with van der Waals surface area (Å²) in [5.74, 6) is -0.290. The zero-order chi connectivity index (χ0) is 49.8. The van der Waals surface area contributed by atoms with Gasteiger partial charge in [-0.2, -0.15) is 0 Å². The van der Waals surface area contributed by atoms with Gasteiger partial charge in [-0.1, -0.05) is 134 Å². The molecule has 0 aromatic rings. The van der Waals surface area contributed by atoms with Crippen molar-refractivity contribution in [1.82, 2.24) is 5.32 Å². The average Bonchev–Trinajstić information content (AvgIpc) is 3.33. The fourth-order valence-corrected chi connectivity index (χ4v) is 8.67. The zero-order valence-corrected chi connectivity index (χ0v) is 40.6. The number of amides is 1. The molecule has 3 saturated heterocycles. The van der Waals surface area contributed by atoms with Crippen LogP contribution in [0.3, 0.4) is 0 Å². The Balaban J connectivity index is 1.58. The van der Waals surface area contributed by atoms with Gasteiger partial charge in [-0.15, -0.1) is 0 Å². The number of carbonyl (C=O) groups excluding carboxylic acids is 1. The van der Waals surface area contributed by atoms with E-state index < -0.39 is 124 Å². The van der Waals surface area contributed by atoms with Crippen molar-refractivity contribution in [2.24, 2.45) is 0 Å². The van der Waals surface area contributed by atoms with Crippen LogP contribution in [0.25, 0.3) is 0 Å². The van der Waals surface area contributed by atoms with Gasteiger partial charge in [-0.25, -0.2) is 0 Å². The summed E-state index contributed by atoms with van der Waals surface area (Å²) in [6.45, 7) is 1.63. The molecule has 0 saturated carbocycles. The van der Waals surface area contributed by atoms with Gasteiger partial charge >= 0.3 is 0 Å². The van der Waals surface area contributed by atoms with Gasteiger partial charge in [-0.3, -0.25) is 4.79 Å². The summed E-state index contributed by atoms with van der Waals surface area (Å²) in [5, 5.41) is 119. The van der Waals surface area contributed by atoms with Gasteiger partial charge in [-0.05, 0) is 32.1 Å². The van der Waals surface area contributed by atoms with Gasteiger partial charge in [0.05, 0.1) is 38.6 Å². The Morgan fingerprint density at radius 2 is 0.941 bits per heavy atom. The van der Waals surface area contributed by atoms with E-state index in [0.29, 0.717) is 12.8 Å². The lowest BCUT2D eigenvalue weighted by atomic mass is 9.96. The van der Waals surface area contributed by atoms with E-state index in [1.54, 1.807) is 6.08 Å². The molecule has 19 nitrogen and oxygen atoms in total. The summed E-state index contributed by atoms with van der Waals surface area (Å²) in [5.41, 5.74) is 0. The van der Waals surface area contributed by atoms with E-state index in [1.807, 2.05) is 6.08 Å². The Bertz CT molecular complexity index is 1360. The number of carbonyl (C=O) groups is 1. The number of allylic oxidation sites excluding steroid dienone is 3. The molecule has 398 valence electrons. The maximum atomic E-state index is 13.2. The van der Waals surface area contributed by atoms with Crippen molar-refractivity contribution in [3.05, 3.63) is 24.3 Å². The molecule has 0 spiro atoms. The van der Waals surface area contributed by atoms with Gasteiger partial charge in [0, 0.05) is 6.42 Å². The Hall–Kier alpha value is -1.73. The summed E-state index contributed by atoms with van der Waals surface area (Å²) in [7, 11) is 0. The maximum absolute atomic E-state index is 13.2. The number of unbranched alkanes of at least 4 members (excludes halogenated alkanes) is 17. The van der Waals surface area contributed by atoms with Crippen LogP contribution in [0.4, 0.5) is 0 Å². The summed E-state index contributed by atoms with van der Waals surface area (Å²) in [6.07, 6.45) is 3.37. The lowest BCUT2D eigenvalue weighted by Crippen LogP contribution is -2.66. The lowest BCUT2D eigenvalue weighted by molar-refractivity contribution is -0.379. The molecule has 0 aromatic carbocycles. The molecule has 17 unspecified atom stereocenters. The van der Waals surface area contributed by atoms with Crippen molar-refractivity contribution < 1.29 is 89.4 Å². The van der Waals surface area contributed by atoms with Crippen molar-refractivity contribution in [3.63, 3.8) is 0 Å². The highest BCUT2D eigenvalue weighted by Crippen LogP contribution is 2.33. The standard InChI is InChI=1S/C49H89NO18/c1-3-5-7-9-11-13-15-17-18-20-22-24-26-33(54)32(50-37(55)27-25-23-21-19-16-14-12-10-8-6-4-2)31-63-47-43(61)40(58)45(35(29-52)65-47)68-49-44(62)41(59)46(36(30-53)66-49)67-48-42(60)39(57)38(56)34(28-51)64-48/h17-18,24,26,32-36,38-49,51-54,56-62H,3-16,19-23,25,27-31H2,1-2H3,(H,50,55)/b18-17+,26-24+. The second-order valence-electron chi connectivity index (χ2n) is 18.6. The van der Waals surface area contributed by atoms with Crippen LogP contribution in [-0.2, 0) is 33.2 Å². The average molecular weight is 980 g/mol. The molecule has 3 heterocycles. The number of aliphatic hydroxyl groups is 11. The Morgan fingerprint density at radius 3 is 1.47 bits per heavy atom. The highest BCUT2D eigenvalue weighted by molar-refractivity contribution is 5.76. The van der Waals surface area contributed by atoms with Crippen LogP contribution in [0.5, 0.6) is 0 Å². The number of rotatable bonds is 35. The van der Waals surface area contributed by atoms with Crippen molar-refractivity contribution in [1.29, 1.82) is 0 Å². The van der Waals surface area contributed by atoms with E-state index in [1.165, 1.54) is 77.0 Å². The third-order valence-electron chi connectivity index (χ3n) is 13.0. The molecule has 0 radical (unpaired) electrons. The molecule has 3 aliphatic rings. The number of hydrogen-bond acceptors (Lipinski definition) is 18. The smallest absolute Gasteiger partial charge is 0.220 e. The molecular formula is C49H89NO18. The Labute approximate surface area is 403 Å². The molecule has 19 heteroatoms. The van der Waals surface area contributed by atoms with E-state index in [-0.39, 0.29) is 18.9 Å². The first-order valence-electron chi connectivity index (χ1n) is 25.6. The van der Waals surface area contributed by atoms with Crippen LogP contribution in [0.2, 0.25) is 0 Å². The molecule has 12 N–H and O–H groups in total. The highest BCUT2D eigenvalue weighted by atomic mass is 16.8. The van der Waals surface area contributed by atoms with Crippen molar-refractivity contribution in [2.75, 3.05) is 26.4 Å². The zero-order valence-electron chi connectivity index (χ0n) is 40.6. The second-order valence-corrected chi connectivity index (χ2v) is 18.6. The number of hydrogen-bond donors (Lipinski definition) is 12. The number of nitrogens with one attached hydrogen (secondary N) is 1. The van der Waals surface area contributed by atoms with E-state index in [2.05, 4.69) is 31.3 Å². The molecular weight excluding hydrogens is 891 g/mol. The van der Waals surface area contributed by atoms with Crippen LogP contribution in [-0.4, -0.2) is 193 Å². The van der Waals surface area contributed by atoms with Crippen LogP contribution in [0, 0.1) is 0 Å². The maximum Gasteiger partial charge on any atom is 0.220 e. The minimum atomic E-state index is -1.98. The summed E-state index contributed by atoms with van der Waals surface area (Å²) in [6, 6.07) is -0.981. The minimum absolute atomic E-state index is 0.238. The first-order chi connectivity index (χ1) is 32.8. The quantitative estimate of drug-likeness (QED) is 0.0317. The van der Waals surface area contributed by atoms with Gasteiger partial charge in [0.2, 0.25) is 5.91 Å². The van der Waals surface area contributed by atoms with E-state index in [4.69, 9.17) is 28.4 Å². The van der Waals surface area contributed by atoms with Gasteiger partial charge in [0.1, 0.15) is 73.2 Å². The second kappa shape index (κ2) is 34.6. The van der Waals surface area contributed by atoms with Crippen molar-refractivity contribution in [3.8, 4) is 0 Å². The van der Waals surface area contributed by atoms with E-state index in [9.17, 15) is 61.0 Å². The molecule has 1 amide bonds. The highest BCUT2D eigenvalue weighted by Gasteiger charge is 2.53.